The molecule has 0 N–H and O–H groups in total. The van der Waals surface area contributed by atoms with E-state index in [9.17, 15) is 0 Å². The maximum Gasteiger partial charge on any atom is 0.197 e. The lowest BCUT2D eigenvalue weighted by molar-refractivity contribution is 0.374. The molecule has 0 amide bonds. The van der Waals surface area contributed by atoms with Crippen molar-refractivity contribution >= 4 is 44.6 Å². The first-order valence-corrected chi connectivity index (χ1v) is 6.05. The minimum atomic E-state index is -0.641. The molecule has 0 fully saturated rings. The predicted molar refractivity (Wildman–Crippen MR) is 49.9 cm³/mol. The maximum absolute atomic E-state index is 5.69. The Morgan fingerprint density at radius 1 is 1.40 bits per heavy atom. The molecule has 10 heavy (non-hydrogen) atoms. The first kappa shape index (κ1) is 11.0. The molecule has 0 spiro atoms. The van der Waals surface area contributed by atoms with Gasteiger partial charge in [-0.15, -0.1) is 11.6 Å². The third kappa shape index (κ3) is 9.05. The molecule has 0 aliphatic carbocycles. The average Bonchev–Trinajstić information content (AvgIpc) is 1.79. The van der Waals surface area contributed by atoms with E-state index in [2.05, 4.69) is 0 Å². The van der Waals surface area contributed by atoms with Gasteiger partial charge in [0, 0.05) is 5.38 Å². The highest BCUT2D eigenvalue weighted by molar-refractivity contribution is 6.45. The van der Waals surface area contributed by atoms with Crippen LogP contribution < -0.4 is 0 Å². The van der Waals surface area contributed by atoms with Crippen LogP contribution in [-0.2, 0) is 4.43 Å². The molecule has 0 aromatic carbocycles. The fraction of sp³-hybridized carbons (Fsp3) is 1.00. The first-order valence-electron chi connectivity index (χ1n) is 3.16. The van der Waals surface area contributed by atoms with Crippen LogP contribution in [0.1, 0.15) is 13.3 Å². The number of rotatable bonds is 5. The SMILES string of the molecule is CC(Cl)CC[SiH2]OC(Cl)Cl. The summed E-state index contributed by atoms with van der Waals surface area (Å²) >= 11 is 16.4. The molecule has 5 heteroatoms. The van der Waals surface area contributed by atoms with Crippen LogP contribution in [0.4, 0.5) is 0 Å². The lowest BCUT2D eigenvalue weighted by atomic mass is 10.4. The van der Waals surface area contributed by atoms with Crippen molar-refractivity contribution in [2.24, 2.45) is 0 Å². The Bertz CT molecular complexity index is 69.3. The molecule has 1 nitrogen and oxygen atoms in total. The Balaban J connectivity index is 2.91. The molecule has 1 atom stereocenters. The van der Waals surface area contributed by atoms with E-state index in [1.165, 1.54) is 0 Å². The van der Waals surface area contributed by atoms with Gasteiger partial charge in [-0.3, -0.25) is 0 Å². The highest BCUT2D eigenvalue weighted by Gasteiger charge is 1.99. The molecule has 0 heterocycles. The summed E-state index contributed by atoms with van der Waals surface area (Å²) in [4.78, 5) is 0. The summed E-state index contributed by atoms with van der Waals surface area (Å²) in [6, 6.07) is 1.04. The number of hydrogen-bond acceptors (Lipinski definition) is 1. The van der Waals surface area contributed by atoms with Gasteiger partial charge in [-0.2, -0.15) is 0 Å². The van der Waals surface area contributed by atoms with Gasteiger partial charge in [0.25, 0.3) is 0 Å². The standard InChI is InChI=1S/C5H11Cl3OSi/c1-4(6)2-3-10-9-5(7)8/h4-5H,2-3,10H2,1H3. The number of hydrogen-bond donors (Lipinski definition) is 0. The van der Waals surface area contributed by atoms with E-state index in [4.69, 9.17) is 39.2 Å². The molecule has 0 aliphatic heterocycles. The van der Waals surface area contributed by atoms with Crippen molar-refractivity contribution in [1.29, 1.82) is 0 Å². The third-order valence-electron chi connectivity index (χ3n) is 0.990. The Labute approximate surface area is 78.9 Å². The molecule has 0 aromatic heterocycles. The number of alkyl halides is 3. The zero-order valence-electron chi connectivity index (χ0n) is 5.82. The summed E-state index contributed by atoms with van der Waals surface area (Å²) in [6.07, 6.45) is 0.994. The van der Waals surface area contributed by atoms with E-state index >= 15 is 0 Å². The minimum absolute atomic E-state index is 0.236. The van der Waals surface area contributed by atoms with Crippen LogP contribution in [0.25, 0.3) is 0 Å². The fourth-order valence-corrected chi connectivity index (χ4v) is 2.61. The molecule has 0 rings (SSSR count). The lowest BCUT2D eigenvalue weighted by Crippen LogP contribution is -2.04. The zero-order valence-corrected chi connectivity index (χ0v) is 9.50. The molecule has 0 saturated carbocycles. The Kier molecular flexibility index (Phi) is 7.44. The van der Waals surface area contributed by atoms with Gasteiger partial charge in [-0.1, -0.05) is 23.2 Å². The number of halogens is 3. The summed E-state index contributed by atoms with van der Waals surface area (Å²) in [7, 11) is -0.527. The van der Waals surface area contributed by atoms with Crippen LogP contribution in [-0.4, -0.2) is 20.2 Å². The smallest absolute Gasteiger partial charge is 0.197 e. The Morgan fingerprint density at radius 2 is 2.00 bits per heavy atom. The van der Waals surface area contributed by atoms with Crippen molar-refractivity contribution in [2.45, 2.75) is 29.8 Å². The molecular formula is C5H11Cl3OSi. The van der Waals surface area contributed by atoms with Crippen molar-refractivity contribution in [3.8, 4) is 0 Å². The highest BCUT2D eigenvalue weighted by atomic mass is 35.5. The summed E-state index contributed by atoms with van der Waals surface area (Å²) in [6.45, 7) is 1.97. The summed E-state index contributed by atoms with van der Waals surface area (Å²) in [5.41, 5.74) is 0. The second kappa shape index (κ2) is 6.74. The Morgan fingerprint density at radius 3 is 2.40 bits per heavy atom. The molecule has 0 aliphatic rings. The quantitative estimate of drug-likeness (QED) is 0.393. The van der Waals surface area contributed by atoms with Crippen molar-refractivity contribution in [2.75, 3.05) is 0 Å². The van der Waals surface area contributed by atoms with Gasteiger partial charge >= 0.3 is 0 Å². The van der Waals surface area contributed by atoms with Gasteiger partial charge in [0.15, 0.2) is 14.8 Å². The van der Waals surface area contributed by atoms with E-state index in [-0.39, 0.29) is 5.38 Å². The topological polar surface area (TPSA) is 9.23 Å². The van der Waals surface area contributed by atoms with E-state index in [1.807, 2.05) is 6.92 Å². The summed E-state index contributed by atoms with van der Waals surface area (Å²) < 4.78 is 5.00. The van der Waals surface area contributed by atoms with Gasteiger partial charge < -0.3 is 4.43 Å². The van der Waals surface area contributed by atoms with E-state index in [0.29, 0.717) is 0 Å². The molecule has 0 radical (unpaired) electrons. The minimum Gasteiger partial charge on any atom is -0.397 e. The molecule has 0 aromatic rings. The van der Waals surface area contributed by atoms with E-state index in [0.717, 1.165) is 12.5 Å². The highest BCUT2D eigenvalue weighted by Crippen LogP contribution is 2.07. The normalized spacial score (nSPS) is 15.3. The summed E-state index contributed by atoms with van der Waals surface area (Å²) in [5.74, 6) is 0. The van der Waals surface area contributed by atoms with Crippen LogP contribution in [0.3, 0.4) is 0 Å². The second-order valence-electron chi connectivity index (χ2n) is 2.05. The average molecular weight is 222 g/mol. The first-order chi connectivity index (χ1) is 4.63. The van der Waals surface area contributed by atoms with E-state index < -0.39 is 14.8 Å². The maximum atomic E-state index is 5.69. The third-order valence-corrected chi connectivity index (χ3v) is 3.15. The van der Waals surface area contributed by atoms with Crippen LogP contribution >= 0.6 is 34.8 Å². The van der Waals surface area contributed by atoms with Crippen molar-refractivity contribution in [3.05, 3.63) is 0 Å². The van der Waals surface area contributed by atoms with Crippen molar-refractivity contribution in [1.82, 2.24) is 0 Å². The molecule has 1 unspecified atom stereocenters. The lowest BCUT2D eigenvalue weighted by Gasteiger charge is -2.03. The molecular weight excluding hydrogens is 210 g/mol. The molecule has 62 valence electrons. The van der Waals surface area contributed by atoms with Crippen molar-refractivity contribution in [3.63, 3.8) is 0 Å². The molecule has 0 bridgehead atoms. The summed E-state index contributed by atoms with van der Waals surface area (Å²) in [5, 5.41) is -0.405. The van der Waals surface area contributed by atoms with Gasteiger partial charge in [-0.05, 0) is 19.4 Å². The van der Waals surface area contributed by atoms with Crippen LogP contribution in [0.5, 0.6) is 0 Å². The second-order valence-corrected chi connectivity index (χ2v) is 5.26. The van der Waals surface area contributed by atoms with Gasteiger partial charge in [0.05, 0.1) is 0 Å². The van der Waals surface area contributed by atoms with Gasteiger partial charge in [-0.25, -0.2) is 0 Å². The molecule has 0 saturated heterocycles. The fourth-order valence-electron chi connectivity index (χ4n) is 0.537. The Hall–Kier alpha value is 1.05. The van der Waals surface area contributed by atoms with Crippen LogP contribution in [0, 0.1) is 0 Å². The van der Waals surface area contributed by atoms with Crippen molar-refractivity contribution < 1.29 is 4.43 Å². The monoisotopic (exact) mass is 220 g/mol. The van der Waals surface area contributed by atoms with Gasteiger partial charge in [0.2, 0.25) is 0 Å². The van der Waals surface area contributed by atoms with Crippen LogP contribution in [0.15, 0.2) is 0 Å². The van der Waals surface area contributed by atoms with Crippen LogP contribution in [0.2, 0.25) is 6.04 Å². The van der Waals surface area contributed by atoms with Gasteiger partial charge in [0.1, 0.15) is 0 Å². The van der Waals surface area contributed by atoms with E-state index in [1.54, 1.807) is 0 Å². The predicted octanol–water partition coefficient (Wildman–Crippen LogP) is 2.28. The zero-order chi connectivity index (χ0) is 7.98. The largest absolute Gasteiger partial charge is 0.397 e.